The lowest BCUT2D eigenvalue weighted by molar-refractivity contribution is 0.1000. The van der Waals surface area contributed by atoms with Crippen LogP contribution in [0.25, 0.3) is 0 Å². The zero-order valence-electron chi connectivity index (χ0n) is 12.4. The zero-order chi connectivity index (χ0) is 14.5. The predicted octanol–water partition coefficient (Wildman–Crippen LogP) is 2.43. The second-order valence-corrected chi connectivity index (χ2v) is 5.82. The van der Waals surface area contributed by atoms with Crippen molar-refractivity contribution in [1.29, 1.82) is 0 Å². The van der Waals surface area contributed by atoms with Gasteiger partial charge in [-0.3, -0.25) is 4.79 Å². The maximum atomic E-state index is 11.1. The molecule has 2 rings (SSSR count). The highest BCUT2D eigenvalue weighted by Crippen LogP contribution is 2.19. The molecule has 1 fully saturated rings. The van der Waals surface area contributed by atoms with Crippen LogP contribution >= 0.6 is 0 Å². The van der Waals surface area contributed by atoms with Gasteiger partial charge >= 0.3 is 0 Å². The molecule has 0 aromatic heterocycles. The first-order valence-electron chi connectivity index (χ1n) is 7.46. The molecule has 1 heterocycles. The average molecular weight is 275 g/mol. The molecule has 1 aromatic rings. The minimum Gasteiger partial charge on any atom is -0.382 e. The van der Waals surface area contributed by atoms with E-state index in [1.165, 1.54) is 19.3 Å². The lowest BCUT2D eigenvalue weighted by atomic mass is 9.98. The Bertz CT molecular complexity index is 467. The Hall–Kier alpha value is -1.55. The summed E-state index contributed by atoms with van der Waals surface area (Å²) in [5.41, 5.74) is 8.00. The third-order valence-corrected chi connectivity index (χ3v) is 3.96. The number of anilines is 1. The van der Waals surface area contributed by atoms with Gasteiger partial charge in [0.15, 0.2) is 0 Å². The molecule has 0 bridgehead atoms. The van der Waals surface area contributed by atoms with E-state index in [1.807, 2.05) is 19.1 Å². The molecule has 1 aliphatic heterocycles. The molecular weight excluding hydrogens is 250 g/mol. The van der Waals surface area contributed by atoms with Crippen molar-refractivity contribution in [3.05, 3.63) is 29.3 Å². The van der Waals surface area contributed by atoms with E-state index in [9.17, 15) is 4.79 Å². The molecule has 20 heavy (non-hydrogen) atoms. The van der Waals surface area contributed by atoms with Crippen LogP contribution in [-0.2, 0) is 0 Å². The largest absolute Gasteiger partial charge is 0.382 e. The van der Waals surface area contributed by atoms with Crippen molar-refractivity contribution < 1.29 is 4.79 Å². The van der Waals surface area contributed by atoms with E-state index < -0.39 is 0 Å². The molecule has 110 valence electrons. The SMILES string of the molecule is Cc1cc(C(N)=O)ccc1NC(C)CC1CCCCN1. The Labute approximate surface area is 121 Å². The number of carbonyl (C=O) groups is 1. The maximum absolute atomic E-state index is 11.1. The van der Waals surface area contributed by atoms with Crippen molar-refractivity contribution in [1.82, 2.24) is 5.32 Å². The molecule has 4 heteroatoms. The van der Waals surface area contributed by atoms with E-state index in [1.54, 1.807) is 6.07 Å². The molecule has 4 N–H and O–H groups in total. The van der Waals surface area contributed by atoms with Gasteiger partial charge in [0.1, 0.15) is 0 Å². The molecular formula is C16H25N3O. The van der Waals surface area contributed by atoms with Crippen molar-refractivity contribution >= 4 is 11.6 Å². The van der Waals surface area contributed by atoms with E-state index in [0.717, 1.165) is 24.2 Å². The summed E-state index contributed by atoms with van der Waals surface area (Å²) in [7, 11) is 0. The minimum atomic E-state index is -0.376. The van der Waals surface area contributed by atoms with Crippen molar-refractivity contribution in [3.63, 3.8) is 0 Å². The Kier molecular flexibility index (Phi) is 5.01. The molecule has 2 unspecified atom stereocenters. The van der Waals surface area contributed by atoms with E-state index >= 15 is 0 Å². The highest BCUT2D eigenvalue weighted by Gasteiger charge is 2.16. The third-order valence-electron chi connectivity index (χ3n) is 3.96. The Morgan fingerprint density at radius 1 is 1.50 bits per heavy atom. The zero-order valence-corrected chi connectivity index (χ0v) is 12.4. The van der Waals surface area contributed by atoms with Crippen LogP contribution in [-0.4, -0.2) is 24.5 Å². The van der Waals surface area contributed by atoms with Gasteiger partial charge in [-0.05, 0) is 63.4 Å². The highest BCUT2D eigenvalue weighted by molar-refractivity contribution is 5.93. The fraction of sp³-hybridized carbons (Fsp3) is 0.562. The van der Waals surface area contributed by atoms with Crippen LogP contribution in [0.3, 0.4) is 0 Å². The summed E-state index contributed by atoms with van der Waals surface area (Å²) in [6, 6.07) is 6.60. The van der Waals surface area contributed by atoms with E-state index in [2.05, 4.69) is 17.6 Å². The van der Waals surface area contributed by atoms with Crippen molar-refractivity contribution in [3.8, 4) is 0 Å². The number of amides is 1. The molecule has 0 saturated carbocycles. The van der Waals surface area contributed by atoms with Crippen LogP contribution < -0.4 is 16.4 Å². The quantitative estimate of drug-likeness (QED) is 0.773. The first-order chi connectivity index (χ1) is 9.56. The lowest BCUT2D eigenvalue weighted by Gasteiger charge is -2.27. The van der Waals surface area contributed by atoms with Crippen LogP contribution in [0.4, 0.5) is 5.69 Å². The summed E-state index contributed by atoms with van der Waals surface area (Å²) in [6.07, 6.45) is 5.02. The fourth-order valence-corrected chi connectivity index (χ4v) is 2.86. The van der Waals surface area contributed by atoms with Crippen LogP contribution in [0.15, 0.2) is 18.2 Å². The number of primary amides is 1. The summed E-state index contributed by atoms with van der Waals surface area (Å²) in [5, 5.41) is 7.10. The Balaban J connectivity index is 1.93. The number of carbonyl (C=O) groups excluding carboxylic acids is 1. The van der Waals surface area contributed by atoms with Gasteiger partial charge in [0.05, 0.1) is 0 Å². The predicted molar refractivity (Wildman–Crippen MR) is 83.0 cm³/mol. The van der Waals surface area contributed by atoms with Crippen LogP contribution in [0.1, 0.15) is 48.5 Å². The van der Waals surface area contributed by atoms with Gasteiger partial charge in [-0.2, -0.15) is 0 Å². The summed E-state index contributed by atoms with van der Waals surface area (Å²) >= 11 is 0. The molecule has 1 amide bonds. The normalized spacial score (nSPS) is 20.4. The fourth-order valence-electron chi connectivity index (χ4n) is 2.86. The first kappa shape index (κ1) is 14.9. The Morgan fingerprint density at radius 2 is 2.30 bits per heavy atom. The molecule has 1 saturated heterocycles. The van der Waals surface area contributed by atoms with Gasteiger partial charge in [0.25, 0.3) is 0 Å². The number of nitrogens with two attached hydrogens (primary N) is 1. The number of aryl methyl sites for hydroxylation is 1. The van der Waals surface area contributed by atoms with Crippen molar-refractivity contribution in [2.75, 3.05) is 11.9 Å². The third kappa shape index (κ3) is 3.97. The van der Waals surface area contributed by atoms with Crippen molar-refractivity contribution in [2.45, 2.75) is 51.6 Å². The first-order valence-corrected chi connectivity index (χ1v) is 7.46. The van der Waals surface area contributed by atoms with Gasteiger partial charge in [0, 0.05) is 23.3 Å². The number of hydrogen-bond donors (Lipinski definition) is 3. The Morgan fingerprint density at radius 3 is 2.90 bits per heavy atom. The van der Waals surface area contributed by atoms with E-state index in [0.29, 0.717) is 17.6 Å². The van der Waals surface area contributed by atoms with E-state index in [-0.39, 0.29) is 5.91 Å². The lowest BCUT2D eigenvalue weighted by Crippen LogP contribution is -2.37. The van der Waals surface area contributed by atoms with Crippen LogP contribution in [0.2, 0.25) is 0 Å². The number of piperidine rings is 1. The van der Waals surface area contributed by atoms with E-state index in [4.69, 9.17) is 5.73 Å². The van der Waals surface area contributed by atoms with Crippen LogP contribution in [0, 0.1) is 6.92 Å². The maximum Gasteiger partial charge on any atom is 0.248 e. The van der Waals surface area contributed by atoms with Crippen molar-refractivity contribution in [2.24, 2.45) is 5.73 Å². The number of rotatable bonds is 5. The summed E-state index contributed by atoms with van der Waals surface area (Å²) in [4.78, 5) is 11.1. The van der Waals surface area contributed by atoms with Gasteiger partial charge in [-0.25, -0.2) is 0 Å². The topological polar surface area (TPSA) is 67.2 Å². The van der Waals surface area contributed by atoms with Gasteiger partial charge in [0.2, 0.25) is 5.91 Å². The standard InChI is InChI=1S/C16H25N3O/c1-11-9-13(16(17)20)6-7-15(11)19-12(2)10-14-5-3-4-8-18-14/h6-7,9,12,14,18-19H,3-5,8,10H2,1-2H3,(H2,17,20). The van der Waals surface area contributed by atoms with Gasteiger partial charge < -0.3 is 16.4 Å². The molecule has 1 aromatic carbocycles. The monoisotopic (exact) mass is 275 g/mol. The number of nitrogens with one attached hydrogen (secondary N) is 2. The summed E-state index contributed by atoms with van der Waals surface area (Å²) < 4.78 is 0. The highest BCUT2D eigenvalue weighted by atomic mass is 16.1. The molecule has 2 atom stereocenters. The van der Waals surface area contributed by atoms with Crippen LogP contribution in [0.5, 0.6) is 0 Å². The molecule has 4 nitrogen and oxygen atoms in total. The molecule has 1 aliphatic rings. The minimum absolute atomic E-state index is 0.376. The van der Waals surface area contributed by atoms with Gasteiger partial charge in [-0.15, -0.1) is 0 Å². The second-order valence-electron chi connectivity index (χ2n) is 5.82. The number of benzene rings is 1. The summed E-state index contributed by atoms with van der Waals surface area (Å²) in [5.74, 6) is -0.376. The smallest absolute Gasteiger partial charge is 0.248 e. The number of hydrogen-bond acceptors (Lipinski definition) is 3. The summed E-state index contributed by atoms with van der Waals surface area (Å²) in [6.45, 7) is 5.35. The molecule has 0 spiro atoms. The molecule has 0 radical (unpaired) electrons. The molecule has 0 aliphatic carbocycles. The second kappa shape index (κ2) is 6.75. The van der Waals surface area contributed by atoms with Gasteiger partial charge in [-0.1, -0.05) is 6.42 Å². The average Bonchev–Trinajstić information content (AvgIpc) is 2.42.